The Kier molecular flexibility index (Phi) is 8.49. The first kappa shape index (κ1) is 26.5. The van der Waals surface area contributed by atoms with Gasteiger partial charge in [-0.15, -0.1) is 11.8 Å². The van der Waals surface area contributed by atoms with Crippen LogP contribution >= 0.6 is 11.8 Å². The Labute approximate surface area is 226 Å². The smallest absolute Gasteiger partial charge is 0.223 e. The first-order chi connectivity index (χ1) is 18.6. The van der Waals surface area contributed by atoms with E-state index in [0.29, 0.717) is 25.0 Å². The molecule has 1 saturated heterocycles. The van der Waals surface area contributed by atoms with Crippen molar-refractivity contribution in [3.8, 4) is 17.4 Å². The summed E-state index contributed by atoms with van der Waals surface area (Å²) in [6.45, 7) is 4.44. The molecule has 2 aliphatic heterocycles. The fourth-order valence-electron chi connectivity index (χ4n) is 5.13. The molecule has 8 heteroatoms. The van der Waals surface area contributed by atoms with Crippen molar-refractivity contribution >= 4 is 22.9 Å². The molecule has 0 radical (unpaired) electrons. The normalized spacial score (nSPS) is 17.8. The van der Waals surface area contributed by atoms with Crippen LogP contribution in [0.3, 0.4) is 0 Å². The van der Waals surface area contributed by atoms with Gasteiger partial charge in [-0.05, 0) is 84.9 Å². The number of nitrogens with zero attached hydrogens (tertiary/aromatic N) is 2. The summed E-state index contributed by atoms with van der Waals surface area (Å²) in [4.78, 5) is 7.24. The molecule has 1 N–H and O–H groups in total. The van der Waals surface area contributed by atoms with Gasteiger partial charge in [0.05, 0.1) is 13.3 Å². The Morgan fingerprint density at radius 1 is 1.11 bits per heavy atom. The Bertz CT molecular complexity index is 1300. The molecule has 0 unspecified atom stereocenters. The van der Waals surface area contributed by atoms with E-state index >= 15 is 4.39 Å². The standard InChI is InChI=1S/C30H32F2N2O3S/c1-2-36-28-11-10-25(30(32)33-28)24-13-17-38-27-18-21(35)6-9-26(27)29(24)20-4-7-22(8-5-20)37-23-12-16-34(19-23)15-3-14-31/h4-11,18,23,35H,2-3,12-17,19H2,1H3/t23-/m0/s1. The molecule has 2 aliphatic rings. The second-order valence-electron chi connectivity index (χ2n) is 9.45. The number of pyridine rings is 1. The van der Waals surface area contributed by atoms with Crippen LogP contribution in [0.2, 0.25) is 0 Å². The van der Waals surface area contributed by atoms with E-state index < -0.39 is 5.95 Å². The topological polar surface area (TPSA) is 54.8 Å². The van der Waals surface area contributed by atoms with E-state index in [1.54, 1.807) is 36.0 Å². The fourth-order valence-corrected chi connectivity index (χ4v) is 6.19. The number of hydrogen-bond donors (Lipinski definition) is 1. The lowest BCUT2D eigenvalue weighted by Gasteiger charge is -2.18. The summed E-state index contributed by atoms with van der Waals surface area (Å²) in [6, 6.07) is 16.7. The van der Waals surface area contributed by atoms with Gasteiger partial charge in [-0.3, -0.25) is 9.29 Å². The zero-order valence-corrected chi connectivity index (χ0v) is 22.3. The third kappa shape index (κ3) is 5.97. The highest BCUT2D eigenvalue weighted by Gasteiger charge is 2.25. The average Bonchev–Trinajstić information content (AvgIpc) is 3.27. The highest BCUT2D eigenvalue weighted by molar-refractivity contribution is 7.99. The van der Waals surface area contributed by atoms with Gasteiger partial charge in [-0.25, -0.2) is 0 Å². The molecule has 0 bridgehead atoms. The van der Waals surface area contributed by atoms with Crippen molar-refractivity contribution in [2.24, 2.45) is 0 Å². The van der Waals surface area contributed by atoms with Crippen LogP contribution in [0.5, 0.6) is 17.4 Å². The van der Waals surface area contributed by atoms with Crippen molar-refractivity contribution in [2.45, 2.75) is 37.2 Å². The number of benzene rings is 2. The predicted octanol–water partition coefficient (Wildman–Crippen LogP) is 6.59. The lowest BCUT2D eigenvalue weighted by atomic mass is 9.88. The van der Waals surface area contributed by atoms with E-state index in [-0.39, 0.29) is 24.4 Å². The summed E-state index contributed by atoms with van der Waals surface area (Å²) in [6.07, 6.45) is 2.19. The van der Waals surface area contributed by atoms with Crippen LogP contribution in [0.15, 0.2) is 59.5 Å². The van der Waals surface area contributed by atoms with Gasteiger partial charge in [-0.1, -0.05) is 12.1 Å². The number of ether oxygens (including phenoxy) is 2. The maximum atomic E-state index is 15.3. The minimum Gasteiger partial charge on any atom is -0.508 e. The van der Waals surface area contributed by atoms with Crippen molar-refractivity contribution in [3.05, 3.63) is 77.2 Å². The summed E-state index contributed by atoms with van der Waals surface area (Å²) in [7, 11) is 0. The molecule has 1 fully saturated rings. The van der Waals surface area contributed by atoms with Crippen LogP contribution in [0.4, 0.5) is 8.78 Å². The van der Waals surface area contributed by atoms with Crippen molar-refractivity contribution in [1.82, 2.24) is 9.88 Å². The van der Waals surface area contributed by atoms with Gasteiger partial charge in [0.2, 0.25) is 11.8 Å². The van der Waals surface area contributed by atoms with Crippen LogP contribution in [-0.2, 0) is 0 Å². The zero-order chi connectivity index (χ0) is 26.5. The summed E-state index contributed by atoms with van der Waals surface area (Å²) in [5, 5.41) is 10.1. The molecule has 3 aromatic rings. The molecular weight excluding hydrogens is 506 g/mol. The van der Waals surface area contributed by atoms with Crippen molar-refractivity contribution in [2.75, 3.05) is 38.7 Å². The maximum absolute atomic E-state index is 15.3. The molecule has 38 heavy (non-hydrogen) atoms. The summed E-state index contributed by atoms with van der Waals surface area (Å²) in [5.41, 5.74) is 4.11. The molecule has 1 atom stereocenters. The number of phenolic OH excluding ortho intramolecular Hbond substituents is 1. The minimum atomic E-state index is -0.561. The number of alkyl halides is 1. The summed E-state index contributed by atoms with van der Waals surface area (Å²) in [5.74, 6) is 1.42. The van der Waals surface area contributed by atoms with Gasteiger partial charge >= 0.3 is 0 Å². The molecule has 1 aromatic heterocycles. The van der Waals surface area contributed by atoms with E-state index in [9.17, 15) is 9.50 Å². The fraction of sp³-hybridized carbons (Fsp3) is 0.367. The molecule has 5 rings (SSSR count). The Balaban J connectivity index is 1.49. The summed E-state index contributed by atoms with van der Waals surface area (Å²) >= 11 is 1.65. The number of halogens is 2. The molecular formula is C30H32F2N2O3S. The van der Waals surface area contributed by atoms with E-state index in [2.05, 4.69) is 9.88 Å². The number of fused-ring (bicyclic) bond motifs is 1. The van der Waals surface area contributed by atoms with Crippen LogP contribution in [0.25, 0.3) is 11.1 Å². The SMILES string of the molecule is CCOc1ccc(C2=C(c3ccc(O[C@H]4CCN(CCCF)C4)cc3)c3ccc(O)cc3SCC2)c(F)n1. The number of aromatic hydroxyl groups is 1. The third-order valence-electron chi connectivity index (χ3n) is 6.87. The quantitative estimate of drug-likeness (QED) is 0.310. The van der Waals surface area contributed by atoms with Crippen LogP contribution in [0.1, 0.15) is 42.9 Å². The largest absolute Gasteiger partial charge is 0.508 e. The van der Waals surface area contributed by atoms with Gasteiger partial charge in [0.15, 0.2) is 0 Å². The van der Waals surface area contributed by atoms with Crippen molar-refractivity contribution in [1.29, 1.82) is 0 Å². The number of thioether (sulfide) groups is 1. The number of allylic oxidation sites excluding steroid dienone is 1. The van der Waals surface area contributed by atoms with Gasteiger partial charge in [-0.2, -0.15) is 9.37 Å². The molecule has 3 heterocycles. The van der Waals surface area contributed by atoms with Crippen LogP contribution in [0, 0.1) is 5.95 Å². The molecule has 0 aliphatic carbocycles. The van der Waals surface area contributed by atoms with E-state index in [0.717, 1.165) is 64.7 Å². The number of phenols is 1. The van der Waals surface area contributed by atoms with Gasteiger partial charge in [0.1, 0.15) is 17.6 Å². The number of likely N-dealkylation sites (tertiary alicyclic amines) is 1. The van der Waals surface area contributed by atoms with E-state index in [4.69, 9.17) is 9.47 Å². The maximum Gasteiger partial charge on any atom is 0.223 e. The molecule has 0 amide bonds. The summed E-state index contributed by atoms with van der Waals surface area (Å²) < 4.78 is 39.5. The predicted molar refractivity (Wildman–Crippen MR) is 147 cm³/mol. The second-order valence-corrected chi connectivity index (χ2v) is 10.6. The number of rotatable bonds is 9. The zero-order valence-electron chi connectivity index (χ0n) is 21.5. The molecule has 200 valence electrons. The minimum absolute atomic E-state index is 0.0808. The Hall–Kier alpha value is -3.10. The van der Waals surface area contributed by atoms with E-state index in [1.165, 1.54) is 0 Å². The Morgan fingerprint density at radius 2 is 1.92 bits per heavy atom. The highest BCUT2D eigenvalue weighted by atomic mass is 32.2. The van der Waals surface area contributed by atoms with Crippen molar-refractivity contribution < 1.29 is 23.4 Å². The third-order valence-corrected chi connectivity index (χ3v) is 7.93. The van der Waals surface area contributed by atoms with Gasteiger partial charge in [0, 0.05) is 41.9 Å². The Morgan fingerprint density at radius 3 is 2.68 bits per heavy atom. The molecule has 0 spiro atoms. The lowest BCUT2D eigenvalue weighted by Crippen LogP contribution is -2.26. The molecule has 5 nitrogen and oxygen atoms in total. The average molecular weight is 539 g/mol. The number of aromatic nitrogens is 1. The van der Waals surface area contributed by atoms with Crippen LogP contribution in [-0.4, -0.2) is 59.8 Å². The first-order valence-electron chi connectivity index (χ1n) is 13.1. The highest BCUT2D eigenvalue weighted by Crippen LogP contribution is 2.44. The molecule has 2 aromatic carbocycles. The van der Waals surface area contributed by atoms with E-state index in [1.807, 2.05) is 37.3 Å². The number of hydrogen-bond acceptors (Lipinski definition) is 6. The second kappa shape index (κ2) is 12.2. The van der Waals surface area contributed by atoms with Gasteiger partial charge in [0.25, 0.3) is 0 Å². The van der Waals surface area contributed by atoms with Crippen LogP contribution < -0.4 is 9.47 Å². The first-order valence-corrected chi connectivity index (χ1v) is 14.1. The lowest BCUT2D eigenvalue weighted by molar-refractivity contribution is 0.198. The molecule has 0 saturated carbocycles. The van der Waals surface area contributed by atoms with Crippen molar-refractivity contribution in [3.63, 3.8) is 0 Å². The van der Waals surface area contributed by atoms with Gasteiger partial charge < -0.3 is 14.6 Å². The monoisotopic (exact) mass is 538 g/mol.